The minimum atomic E-state index is 0.443. The van der Waals surface area contributed by atoms with Crippen molar-refractivity contribution in [3.05, 3.63) is 83.4 Å². The van der Waals surface area contributed by atoms with Crippen molar-refractivity contribution in [2.75, 3.05) is 27.4 Å². The molecule has 3 rings (SSSR count). The Morgan fingerprint density at radius 3 is 1.94 bits per heavy atom. The zero-order chi connectivity index (χ0) is 22.1. The molecule has 158 valence electrons. The van der Waals surface area contributed by atoms with Crippen molar-refractivity contribution in [1.29, 1.82) is 5.26 Å². The van der Waals surface area contributed by atoms with Gasteiger partial charge in [-0.05, 0) is 66.6 Å². The van der Waals surface area contributed by atoms with Crippen LogP contribution in [0, 0.1) is 18.3 Å². The SMILES string of the molecule is COc1ccc(/C(C#N)=C/c2ccc(OCCOc3ccc(C)cc3)cc2)cc1OC. The number of benzene rings is 3. The first-order valence-corrected chi connectivity index (χ1v) is 9.89. The lowest BCUT2D eigenvalue weighted by molar-refractivity contribution is 0.217. The van der Waals surface area contributed by atoms with Crippen molar-refractivity contribution in [2.24, 2.45) is 0 Å². The molecule has 0 saturated carbocycles. The van der Waals surface area contributed by atoms with E-state index in [1.165, 1.54) is 5.56 Å². The molecule has 0 aliphatic carbocycles. The van der Waals surface area contributed by atoms with E-state index in [1.807, 2.05) is 67.6 Å². The van der Waals surface area contributed by atoms with Crippen LogP contribution in [-0.2, 0) is 0 Å². The number of nitriles is 1. The molecule has 5 heteroatoms. The third-order valence-electron chi connectivity index (χ3n) is 4.65. The van der Waals surface area contributed by atoms with Gasteiger partial charge in [0, 0.05) is 0 Å². The lowest BCUT2D eigenvalue weighted by Gasteiger charge is -2.10. The first-order chi connectivity index (χ1) is 15.1. The number of hydrogen-bond acceptors (Lipinski definition) is 5. The molecule has 0 heterocycles. The minimum absolute atomic E-state index is 0.443. The molecule has 0 aliphatic rings. The number of methoxy groups -OCH3 is 2. The fourth-order valence-corrected chi connectivity index (χ4v) is 2.96. The first kappa shape index (κ1) is 21.8. The van der Waals surface area contributed by atoms with Gasteiger partial charge in [0.25, 0.3) is 0 Å². The molecule has 0 unspecified atom stereocenters. The number of aryl methyl sites for hydroxylation is 1. The summed E-state index contributed by atoms with van der Waals surface area (Å²) in [5.74, 6) is 2.78. The molecule has 31 heavy (non-hydrogen) atoms. The maximum absolute atomic E-state index is 9.61. The van der Waals surface area contributed by atoms with Crippen LogP contribution >= 0.6 is 0 Å². The van der Waals surface area contributed by atoms with E-state index in [0.29, 0.717) is 30.3 Å². The molecular weight excluding hydrogens is 390 g/mol. The summed E-state index contributed by atoms with van der Waals surface area (Å²) in [5, 5.41) is 9.61. The first-order valence-electron chi connectivity index (χ1n) is 9.89. The molecule has 0 radical (unpaired) electrons. The topological polar surface area (TPSA) is 60.7 Å². The summed E-state index contributed by atoms with van der Waals surface area (Å²) in [4.78, 5) is 0. The van der Waals surface area contributed by atoms with Gasteiger partial charge >= 0.3 is 0 Å². The Hall–Kier alpha value is -3.91. The highest BCUT2D eigenvalue weighted by Gasteiger charge is 2.08. The van der Waals surface area contributed by atoms with E-state index >= 15 is 0 Å². The standard InChI is InChI=1S/C26H25NO4/c1-19-4-9-23(10-5-19)30-14-15-31-24-11-6-20(7-12-24)16-22(18-27)21-8-13-25(28-2)26(17-21)29-3/h4-13,16-17H,14-15H2,1-3H3/b22-16+. The van der Waals surface area contributed by atoms with Crippen molar-refractivity contribution in [3.8, 4) is 29.1 Å². The molecular formula is C26H25NO4. The minimum Gasteiger partial charge on any atom is -0.493 e. The average molecular weight is 415 g/mol. The van der Waals surface area contributed by atoms with E-state index < -0.39 is 0 Å². The highest BCUT2D eigenvalue weighted by atomic mass is 16.5. The van der Waals surface area contributed by atoms with Crippen LogP contribution in [0.25, 0.3) is 11.6 Å². The fraction of sp³-hybridized carbons (Fsp3) is 0.192. The lowest BCUT2D eigenvalue weighted by atomic mass is 10.0. The second-order valence-corrected chi connectivity index (χ2v) is 6.82. The van der Waals surface area contributed by atoms with E-state index in [-0.39, 0.29) is 0 Å². The summed E-state index contributed by atoms with van der Waals surface area (Å²) in [5.41, 5.74) is 3.38. The number of ether oxygens (including phenoxy) is 4. The second kappa shape index (κ2) is 10.7. The highest BCUT2D eigenvalue weighted by Crippen LogP contribution is 2.31. The third kappa shape index (κ3) is 6.03. The Labute approximate surface area is 183 Å². The zero-order valence-electron chi connectivity index (χ0n) is 17.9. The van der Waals surface area contributed by atoms with E-state index in [4.69, 9.17) is 18.9 Å². The predicted molar refractivity (Wildman–Crippen MR) is 122 cm³/mol. The molecule has 0 aromatic heterocycles. The molecule has 0 bridgehead atoms. The van der Waals surface area contributed by atoms with Crippen LogP contribution in [0.3, 0.4) is 0 Å². The van der Waals surface area contributed by atoms with E-state index in [9.17, 15) is 5.26 Å². The van der Waals surface area contributed by atoms with Crippen molar-refractivity contribution in [2.45, 2.75) is 6.92 Å². The summed E-state index contributed by atoms with van der Waals surface area (Å²) in [6.07, 6.45) is 1.82. The van der Waals surface area contributed by atoms with Crippen LogP contribution in [-0.4, -0.2) is 27.4 Å². The molecule has 3 aromatic carbocycles. The van der Waals surface area contributed by atoms with Crippen molar-refractivity contribution < 1.29 is 18.9 Å². The number of hydrogen-bond donors (Lipinski definition) is 0. The highest BCUT2D eigenvalue weighted by molar-refractivity contribution is 5.90. The molecule has 0 aliphatic heterocycles. The second-order valence-electron chi connectivity index (χ2n) is 6.82. The van der Waals surface area contributed by atoms with Gasteiger partial charge in [-0.15, -0.1) is 0 Å². The average Bonchev–Trinajstić information content (AvgIpc) is 2.81. The van der Waals surface area contributed by atoms with Gasteiger partial charge in [0.15, 0.2) is 11.5 Å². The van der Waals surface area contributed by atoms with Crippen LogP contribution in [0.2, 0.25) is 0 Å². The Bertz CT molecular complexity index is 1060. The number of rotatable bonds is 9. The summed E-state index contributed by atoms with van der Waals surface area (Å²) < 4.78 is 22.0. The van der Waals surface area contributed by atoms with Gasteiger partial charge in [-0.3, -0.25) is 0 Å². The van der Waals surface area contributed by atoms with Gasteiger partial charge in [0.1, 0.15) is 24.7 Å². The largest absolute Gasteiger partial charge is 0.493 e. The Kier molecular flexibility index (Phi) is 7.56. The summed E-state index contributed by atoms with van der Waals surface area (Å²) in [6, 6.07) is 23.2. The molecule has 0 fully saturated rings. The van der Waals surface area contributed by atoms with Crippen LogP contribution in [0.4, 0.5) is 0 Å². The summed E-state index contributed by atoms with van der Waals surface area (Å²) in [6.45, 7) is 2.94. The molecule has 0 amide bonds. The zero-order valence-corrected chi connectivity index (χ0v) is 17.9. The molecule has 0 N–H and O–H groups in total. The smallest absolute Gasteiger partial charge is 0.161 e. The van der Waals surface area contributed by atoms with Crippen molar-refractivity contribution in [3.63, 3.8) is 0 Å². The van der Waals surface area contributed by atoms with Crippen LogP contribution in [0.5, 0.6) is 23.0 Å². The number of allylic oxidation sites excluding steroid dienone is 1. The molecule has 5 nitrogen and oxygen atoms in total. The van der Waals surface area contributed by atoms with E-state index in [0.717, 1.165) is 22.6 Å². The maximum Gasteiger partial charge on any atom is 0.161 e. The van der Waals surface area contributed by atoms with Gasteiger partial charge in [-0.25, -0.2) is 0 Å². The van der Waals surface area contributed by atoms with Crippen LogP contribution in [0.1, 0.15) is 16.7 Å². The molecule has 0 spiro atoms. The van der Waals surface area contributed by atoms with Gasteiger partial charge in [-0.1, -0.05) is 29.8 Å². The normalized spacial score (nSPS) is 10.8. The van der Waals surface area contributed by atoms with E-state index in [1.54, 1.807) is 26.4 Å². The van der Waals surface area contributed by atoms with Crippen LogP contribution in [0.15, 0.2) is 66.7 Å². The summed E-state index contributed by atoms with van der Waals surface area (Å²) in [7, 11) is 3.15. The van der Waals surface area contributed by atoms with Gasteiger partial charge < -0.3 is 18.9 Å². The predicted octanol–water partition coefficient (Wildman–Crippen LogP) is 5.53. The summed E-state index contributed by atoms with van der Waals surface area (Å²) >= 11 is 0. The quantitative estimate of drug-likeness (QED) is 0.261. The van der Waals surface area contributed by atoms with Crippen molar-refractivity contribution >= 4 is 11.6 Å². The molecule has 0 saturated heterocycles. The molecule has 3 aromatic rings. The Morgan fingerprint density at radius 2 is 1.39 bits per heavy atom. The van der Waals surface area contributed by atoms with Gasteiger partial charge in [-0.2, -0.15) is 5.26 Å². The van der Waals surface area contributed by atoms with Gasteiger partial charge in [0.05, 0.1) is 25.9 Å². The third-order valence-corrected chi connectivity index (χ3v) is 4.65. The van der Waals surface area contributed by atoms with E-state index in [2.05, 4.69) is 6.07 Å². The monoisotopic (exact) mass is 415 g/mol. The van der Waals surface area contributed by atoms with Gasteiger partial charge in [0.2, 0.25) is 0 Å². The van der Waals surface area contributed by atoms with Crippen LogP contribution < -0.4 is 18.9 Å². The molecule has 0 atom stereocenters. The van der Waals surface area contributed by atoms with Crippen molar-refractivity contribution in [1.82, 2.24) is 0 Å². The number of nitrogens with zero attached hydrogens (tertiary/aromatic N) is 1. The fourth-order valence-electron chi connectivity index (χ4n) is 2.96. The lowest BCUT2D eigenvalue weighted by Crippen LogP contribution is -2.08. The Balaban J connectivity index is 1.60. The Morgan fingerprint density at radius 1 is 0.806 bits per heavy atom. The maximum atomic E-state index is 9.61.